The van der Waals surface area contributed by atoms with E-state index in [1.807, 2.05) is 32.0 Å². The number of carbonyl (C=O) groups is 1. The molecule has 0 aliphatic carbocycles. The molecule has 5 nitrogen and oxygen atoms in total. The van der Waals surface area contributed by atoms with Crippen molar-refractivity contribution in [3.05, 3.63) is 34.9 Å². The molecule has 1 aromatic rings. The van der Waals surface area contributed by atoms with E-state index in [0.717, 1.165) is 11.1 Å². The van der Waals surface area contributed by atoms with Crippen LogP contribution in [0.4, 0.5) is 0 Å². The molecule has 1 unspecified atom stereocenters. The number of Topliss-reactive ketones (excluding diaryl/α,β-unsaturated/α-hetero) is 1. The Balaban J connectivity index is 2.35. The minimum absolute atomic E-state index is 0.109. The molecule has 0 radical (unpaired) electrons. The lowest BCUT2D eigenvalue weighted by molar-refractivity contribution is 0.0917. The number of hydrogen-bond donors (Lipinski definition) is 1. The Morgan fingerprint density at radius 2 is 2.05 bits per heavy atom. The molecule has 1 N–H and O–H groups in total. The summed E-state index contributed by atoms with van der Waals surface area (Å²) < 4.78 is 27.5. The molecule has 0 saturated carbocycles. The zero-order chi connectivity index (χ0) is 14.9. The van der Waals surface area contributed by atoms with Crippen molar-refractivity contribution >= 4 is 16.0 Å². The quantitative estimate of drug-likeness (QED) is 0.854. The molecule has 1 aliphatic heterocycles. The van der Waals surface area contributed by atoms with Gasteiger partial charge in [0, 0.05) is 19.2 Å². The van der Waals surface area contributed by atoms with Crippen LogP contribution in [0.25, 0.3) is 0 Å². The summed E-state index contributed by atoms with van der Waals surface area (Å²) in [4.78, 5) is 12.7. The van der Waals surface area contributed by atoms with Gasteiger partial charge in [0.25, 0.3) is 10.2 Å². The second kappa shape index (κ2) is 5.63. The predicted molar refractivity (Wildman–Crippen MR) is 78.0 cm³/mol. The molecule has 1 saturated heterocycles. The van der Waals surface area contributed by atoms with Crippen LogP contribution in [0.15, 0.2) is 18.2 Å². The van der Waals surface area contributed by atoms with Gasteiger partial charge < -0.3 is 0 Å². The largest absolute Gasteiger partial charge is 0.292 e. The molecule has 1 aromatic carbocycles. The van der Waals surface area contributed by atoms with Gasteiger partial charge in [0.15, 0.2) is 5.78 Å². The Labute approximate surface area is 120 Å². The van der Waals surface area contributed by atoms with Crippen LogP contribution < -0.4 is 4.72 Å². The van der Waals surface area contributed by atoms with E-state index in [9.17, 15) is 13.2 Å². The van der Waals surface area contributed by atoms with Gasteiger partial charge >= 0.3 is 0 Å². The van der Waals surface area contributed by atoms with Gasteiger partial charge in [-0.1, -0.05) is 17.7 Å². The summed E-state index contributed by atoms with van der Waals surface area (Å²) in [5.74, 6) is -0.109. The van der Waals surface area contributed by atoms with Gasteiger partial charge in [0.1, 0.15) is 0 Å². The van der Waals surface area contributed by atoms with E-state index in [4.69, 9.17) is 0 Å². The molecule has 1 fully saturated rings. The zero-order valence-corrected chi connectivity index (χ0v) is 12.8. The van der Waals surface area contributed by atoms with Gasteiger partial charge in [-0.15, -0.1) is 0 Å². The maximum atomic E-state index is 12.7. The first-order valence-electron chi connectivity index (χ1n) is 6.68. The average Bonchev–Trinajstić information content (AvgIpc) is 2.91. The summed E-state index contributed by atoms with van der Waals surface area (Å²) in [7, 11) is -2.19. The average molecular weight is 296 g/mol. The van der Waals surface area contributed by atoms with E-state index in [2.05, 4.69) is 4.72 Å². The molecule has 0 aromatic heterocycles. The SMILES string of the molecule is CNS(=O)(=O)N1CCCC1C(=O)c1cc(C)ccc1C. The van der Waals surface area contributed by atoms with Crippen molar-refractivity contribution in [2.45, 2.75) is 32.7 Å². The molecular weight excluding hydrogens is 276 g/mol. The highest BCUT2D eigenvalue weighted by atomic mass is 32.2. The highest BCUT2D eigenvalue weighted by molar-refractivity contribution is 7.87. The molecule has 0 spiro atoms. The van der Waals surface area contributed by atoms with E-state index in [0.29, 0.717) is 24.9 Å². The van der Waals surface area contributed by atoms with Crippen molar-refractivity contribution < 1.29 is 13.2 Å². The second-order valence-corrected chi connectivity index (χ2v) is 6.99. The van der Waals surface area contributed by atoms with E-state index in [1.54, 1.807) is 0 Å². The molecule has 1 heterocycles. The lowest BCUT2D eigenvalue weighted by atomic mass is 9.97. The molecule has 20 heavy (non-hydrogen) atoms. The van der Waals surface area contributed by atoms with Gasteiger partial charge in [-0.05, 0) is 38.3 Å². The van der Waals surface area contributed by atoms with Crippen molar-refractivity contribution in [3.63, 3.8) is 0 Å². The minimum Gasteiger partial charge on any atom is -0.292 e. The van der Waals surface area contributed by atoms with Gasteiger partial charge in [0.2, 0.25) is 0 Å². The zero-order valence-electron chi connectivity index (χ0n) is 12.0. The number of hydrogen-bond acceptors (Lipinski definition) is 3. The third-order valence-electron chi connectivity index (χ3n) is 3.73. The molecule has 1 aliphatic rings. The fraction of sp³-hybridized carbons (Fsp3) is 0.500. The van der Waals surface area contributed by atoms with Crippen LogP contribution in [0.1, 0.15) is 34.3 Å². The topological polar surface area (TPSA) is 66.5 Å². The standard InChI is InChI=1S/C14H20N2O3S/c1-10-6-7-11(2)12(9-10)14(17)13-5-4-8-16(13)20(18,19)15-3/h6-7,9,13,15H,4-5,8H2,1-3H3. The smallest absolute Gasteiger partial charge is 0.279 e. The number of aryl methyl sites for hydroxylation is 2. The summed E-state index contributed by atoms with van der Waals surface area (Å²) in [6, 6.07) is 5.09. The molecule has 6 heteroatoms. The lowest BCUT2D eigenvalue weighted by Gasteiger charge is -2.23. The monoisotopic (exact) mass is 296 g/mol. The fourth-order valence-corrected chi connectivity index (χ4v) is 3.73. The van der Waals surface area contributed by atoms with E-state index < -0.39 is 16.3 Å². The van der Waals surface area contributed by atoms with E-state index >= 15 is 0 Å². The Bertz CT molecular complexity index is 625. The third kappa shape index (κ3) is 2.77. The van der Waals surface area contributed by atoms with Crippen molar-refractivity contribution in [2.75, 3.05) is 13.6 Å². The lowest BCUT2D eigenvalue weighted by Crippen LogP contribution is -2.45. The van der Waals surface area contributed by atoms with Crippen LogP contribution in [0.2, 0.25) is 0 Å². The van der Waals surface area contributed by atoms with E-state index in [1.165, 1.54) is 11.4 Å². The molecule has 0 bridgehead atoms. The highest BCUT2D eigenvalue weighted by Crippen LogP contribution is 2.25. The Kier molecular flexibility index (Phi) is 4.27. The first-order valence-corrected chi connectivity index (χ1v) is 8.12. The number of nitrogens with one attached hydrogen (secondary N) is 1. The van der Waals surface area contributed by atoms with Crippen LogP contribution in [-0.4, -0.2) is 38.1 Å². The van der Waals surface area contributed by atoms with Crippen molar-refractivity contribution in [1.82, 2.24) is 9.03 Å². The molecule has 1 atom stereocenters. The van der Waals surface area contributed by atoms with Crippen LogP contribution in [0.5, 0.6) is 0 Å². The van der Waals surface area contributed by atoms with Gasteiger partial charge in [-0.2, -0.15) is 12.7 Å². The summed E-state index contributed by atoms with van der Waals surface area (Å²) in [5, 5.41) is 0. The highest BCUT2D eigenvalue weighted by Gasteiger charge is 2.38. The molecule has 2 rings (SSSR count). The number of ketones is 1. The molecule has 110 valence electrons. The predicted octanol–water partition coefficient (Wildman–Crippen LogP) is 1.41. The van der Waals surface area contributed by atoms with Gasteiger partial charge in [0.05, 0.1) is 6.04 Å². The van der Waals surface area contributed by atoms with Crippen molar-refractivity contribution in [1.29, 1.82) is 0 Å². The molecule has 0 amide bonds. The summed E-state index contributed by atoms with van der Waals surface area (Å²) in [5.41, 5.74) is 2.50. The third-order valence-corrected chi connectivity index (χ3v) is 5.30. The number of benzene rings is 1. The Morgan fingerprint density at radius 1 is 1.35 bits per heavy atom. The van der Waals surface area contributed by atoms with Crippen LogP contribution in [0.3, 0.4) is 0 Å². The fourth-order valence-electron chi connectivity index (χ4n) is 2.59. The number of rotatable bonds is 4. The maximum Gasteiger partial charge on any atom is 0.279 e. The van der Waals surface area contributed by atoms with Crippen LogP contribution >= 0.6 is 0 Å². The summed E-state index contributed by atoms with van der Waals surface area (Å²) in [6.45, 7) is 4.19. The summed E-state index contributed by atoms with van der Waals surface area (Å²) in [6.07, 6.45) is 1.29. The number of carbonyl (C=O) groups excluding carboxylic acids is 1. The maximum absolute atomic E-state index is 12.7. The summed E-state index contributed by atoms with van der Waals surface area (Å²) >= 11 is 0. The van der Waals surface area contributed by atoms with Crippen LogP contribution in [0, 0.1) is 13.8 Å². The van der Waals surface area contributed by atoms with Gasteiger partial charge in [-0.3, -0.25) is 4.79 Å². The van der Waals surface area contributed by atoms with Gasteiger partial charge in [-0.25, -0.2) is 4.72 Å². The van der Waals surface area contributed by atoms with Crippen molar-refractivity contribution in [3.8, 4) is 0 Å². The van der Waals surface area contributed by atoms with Crippen molar-refractivity contribution in [2.24, 2.45) is 0 Å². The number of nitrogens with zero attached hydrogens (tertiary/aromatic N) is 1. The first-order chi connectivity index (χ1) is 9.36. The normalized spacial score (nSPS) is 20.2. The first kappa shape index (κ1) is 15.2. The Hall–Kier alpha value is -1.24. The van der Waals surface area contributed by atoms with E-state index in [-0.39, 0.29) is 5.78 Å². The molecular formula is C14H20N2O3S. The second-order valence-electron chi connectivity index (χ2n) is 5.16. The minimum atomic E-state index is -3.56. The Morgan fingerprint density at radius 3 is 2.70 bits per heavy atom. The van der Waals surface area contributed by atoms with Crippen LogP contribution in [-0.2, 0) is 10.2 Å².